The number of nitrogens with zero attached hydrogens (tertiary/aromatic N) is 2. The number of hydrogen-bond donors (Lipinski definition) is 3. The molecule has 0 spiro atoms. The Morgan fingerprint density at radius 3 is 2.54 bits per heavy atom. The summed E-state index contributed by atoms with van der Waals surface area (Å²) in [7, 11) is 0. The minimum absolute atomic E-state index is 0.0824. The third kappa shape index (κ3) is 6.59. The molecule has 1 unspecified atom stereocenters. The molecule has 4 N–H and O–H groups in total. The maximum atomic E-state index is 13.7. The molecule has 1 atom stereocenters. The summed E-state index contributed by atoms with van der Waals surface area (Å²) >= 11 is 1.59. The monoisotopic (exact) mass is 519 g/mol. The number of fused-ring (bicyclic) bond motifs is 1. The summed E-state index contributed by atoms with van der Waals surface area (Å²) in [5.74, 6) is -0.895. The highest BCUT2D eigenvalue weighted by molar-refractivity contribution is 7.12. The maximum absolute atomic E-state index is 13.7. The number of nitrogen functional groups attached to an aromatic ring is 1. The molecule has 0 fully saturated rings. The Kier molecular flexibility index (Phi) is 8.29. The number of carbonyl (C=O) groups excluding carboxylic acids is 3. The predicted molar refractivity (Wildman–Crippen MR) is 140 cm³/mol. The van der Waals surface area contributed by atoms with E-state index in [2.05, 4.69) is 10.3 Å². The highest BCUT2D eigenvalue weighted by Crippen LogP contribution is 2.29. The summed E-state index contributed by atoms with van der Waals surface area (Å²) in [5, 5.41) is 10.4. The number of thiophene rings is 1. The van der Waals surface area contributed by atoms with E-state index >= 15 is 0 Å². The highest BCUT2D eigenvalue weighted by Gasteiger charge is 2.30. The van der Waals surface area contributed by atoms with E-state index in [1.54, 1.807) is 59.8 Å². The van der Waals surface area contributed by atoms with E-state index in [-0.39, 0.29) is 30.0 Å². The molecule has 10 heteroatoms. The van der Waals surface area contributed by atoms with Crippen LogP contribution in [0.3, 0.4) is 0 Å². The van der Waals surface area contributed by atoms with Crippen LogP contribution in [0.2, 0.25) is 0 Å². The van der Waals surface area contributed by atoms with E-state index in [0.717, 1.165) is 16.0 Å². The van der Waals surface area contributed by atoms with Gasteiger partial charge in [0, 0.05) is 52.8 Å². The van der Waals surface area contributed by atoms with Crippen LogP contribution < -0.4 is 11.1 Å². The van der Waals surface area contributed by atoms with Crippen LogP contribution in [0.5, 0.6) is 0 Å². The number of esters is 1. The fourth-order valence-corrected chi connectivity index (χ4v) is 5.40. The largest absolute Gasteiger partial charge is 0.466 e. The zero-order chi connectivity index (χ0) is 26.4. The summed E-state index contributed by atoms with van der Waals surface area (Å²) < 4.78 is 5.06. The van der Waals surface area contributed by atoms with Gasteiger partial charge in [-0.2, -0.15) is 0 Å². The quantitative estimate of drug-likeness (QED) is 0.226. The molecule has 2 amide bonds. The predicted octanol–water partition coefficient (Wildman–Crippen LogP) is 2.46. The van der Waals surface area contributed by atoms with Gasteiger partial charge in [0.1, 0.15) is 11.9 Å². The lowest BCUT2D eigenvalue weighted by molar-refractivity contribution is -0.142. The number of amides is 2. The molecule has 0 aliphatic carbocycles. The molecule has 37 heavy (non-hydrogen) atoms. The van der Waals surface area contributed by atoms with Crippen LogP contribution in [0.25, 0.3) is 0 Å². The lowest BCUT2D eigenvalue weighted by Crippen LogP contribution is -2.50. The van der Waals surface area contributed by atoms with Crippen LogP contribution in [0.15, 0.2) is 54.9 Å². The van der Waals surface area contributed by atoms with Crippen molar-refractivity contribution in [1.29, 1.82) is 5.41 Å². The van der Waals surface area contributed by atoms with Crippen molar-refractivity contribution in [3.8, 4) is 0 Å². The smallest absolute Gasteiger partial charge is 0.311 e. The molecule has 2 aromatic heterocycles. The van der Waals surface area contributed by atoms with E-state index in [1.807, 2.05) is 18.2 Å². The van der Waals surface area contributed by atoms with Gasteiger partial charge in [-0.3, -0.25) is 24.8 Å². The molecule has 3 aromatic rings. The topological polar surface area (TPSA) is 138 Å². The van der Waals surface area contributed by atoms with Crippen molar-refractivity contribution in [1.82, 2.24) is 15.2 Å². The van der Waals surface area contributed by atoms with Crippen LogP contribution in [-0.4, -0.2) is 52.7 Å². The van der Waals surface area contributed by atoms with Crippen molar-refractivity contribution in [3.63, 3.8) is 0 Å². The molecule has 192 valence electrons. The van der Waals surface area contributed by atoms with Gasteiger partial charge in [0.15, 0.2) is 0 Å². The molecular formula is C27H29N5O4S. The number of amidine groups is 1. The molecule has 0 radical (unpaired) electrons. The van der Waals surface area contributed by atoms with Crippen molar-refractivity contribution in [2.75, 3.05) is 13.2 Å². The average molecular weight is 520 g/mol. The molecule has 1 aromatic carbocycles. The molecule has 0 saturated heterocycles. The molecular weight excluding hydrogens is 490 g/mol. The van der Waals surface area contributed by atoms with Gasteiger partial charge in [-0.15, -0.1) is 11.3 Å². The number of ether oxygens (including phenoxy) is 1. The van der Waals surface area contributed by atoms with Crippen molar-refractivity contribution >= 4 is 35.0 Å². The molecule has 0 saturated carbocycles. The molecule has 0 bridgehead atoms. The van der Waals surface area contributed by atoms with Crippen LogP contribution in [0.1, 0.15) is 43.7 Å². The van der Waals surface area contributed by atoms with Gasteiger partial charge >= 0.3 is 5.97 Å². The second kappa shape index (κ2) is 11.8. The first-order valence-electron chi connectivity index (χ1n) is 12.0. The van der Waals surface area contributed by atoms with Crippen molar-refractivity contribution in [2.24, 2.45) is 5.73 Å². The summed E-state index contributed by atoms with van der Waals surface area (Å²) in [5.41, 5.74) is 8.30. The van der Waals surface area contributed by atoms with E-state index in [1.165, 1.54) is 4.88 Å². The van der Waals surface area contributed by atoms with E-state index in [4.69, 9.17) is 15.9 Å². The summed E-state index contributed by atoms with van der Waals surface area (Å²) in [6.45, 7) is 3.07. The van der Waals surface area contributed by atoms with Gasteiger partial charge in [-0.1, -0.05) is 12.1 Å². The average Bonchev–Trinajstić information content (AvgIpc) is 3.30. The second-order valence-electron chi connectivity index (χ2n) is 8.73. The number of aromatic nitrogens is 1. The van der Waals surface area contributed by atoms with E-state index in [0.29, 0.717) is 43.7 Å². The van der Waals surface area contributed by atoms with Crippen LogP contribution in [0.4, 0.5) is 0 Å². The first-order valence-corrected chi connectivity index (χ1v) is 12.8. The van der Waals surface area contributed by atoms with Crippen molar-refractivity contribution < 1.29 is 19.1 Å². The molecule has 9 nitrogen and oxygen atoms in total. The Morgan fingerprint density at radius 2 is 1.86 bits per heavy atom. The van der Waals surface area contributed by atoms with Crippen LogP contribution >= 0.6 is 11.3 Å². The van der Waals surface area contributed by atoms with Gasteiger partial charge in [0.2, 0.25) is 5.91 Å². The molecule has 1 aliphatic heterocycles. The van der Waals surface area contributed by atoms with Gasteiger partial charge in [-0.25, -0.2) is 0 Å². The number of rotatable bonds is 9. The maximum Gasteiger partial charge on any atom is 0.311 e. The standard InChI is InChI=1S/C27H29N5O4S/c1-2-36-24(33)15-21-14-20-16-32(12-9-23(20)37-21)27(35)22(13-17-7-10-30-11-8-17)31-26(34)19-5-3-18(4-6-19)25(28)29/h3-8,10-11,14,22H,2,9,12-13,15-16H2,1H3,(H3,28,29)(H,31,34). The van der Waals surface area contributed by atoms with Crippen LogP contribution in [-0.2, 0) is 40.1 Å². The lowest BCUT2D eigenvalue weighted by atomic mass is 10.0. The Labute approximate surface area is 219 Å². The Balaban J connectivity index is 1.50. The zero-order valence-electron chi connectivity index (χ0n) is 20.5. The van der Waals surface area contributed by atoms with E-state index in [9.17, 15) is 14.4 Å². The number of pyridine rings is 1. The fraction of sp³-hybridized carbons (Fsp3) is 0.296. The molecule has 3 heterocycles. The first-order chi connectivity index (χ1) is 17.8. The highest BCUT2D eigenvalue weighted by atomic mass is 32.1. The third-order valence-corrected chi connectivity index (χ3v) is 7.34. The second-order valence-corrected chi connectivity index (χ2v) is 9.95. The van der Waals surface area contributed by atoms with Gasteiger partial charge in [-0.05, 0) is 54.8 Å². The SMILES string of the molecule is CCOC(=O)Cc1cc2c(s1)CCN(C(=O)C(Cc1ccncc1)NC(=O)c1ccc(C(=N)N)cc1)C2. The minimum Gasteiger partial charge on any atom is -0.466 e. The third-order valence-electron chi connectivity index (χ3n) is 6.10. The fourth-order valence-electron chi connectivity index (χ4n) is 4.24. The number of benzene rings is 1. The Hall–Kier alpha value is -4.05. The summed E-state index contributed by atoms with van der Waals surface area (Å²) in [4.78, 5) is 46.5. The minimum atomic E-state index is -0.776. The summed E-state index contributed by atoms with van der Waals surface area (Å²) in [6.07, 6.45) is 4.55. The van der Waals surface area contributed by atoms with Crippen molar-refractivity contribution in [3.05, 3.63) is 86.9 Å². The number of hydrogen-bond acceptors (Lipinski definition) is 7. The molecule has 4 rings (SSSR count). The van der Waals surface area contributed by atoms with Gasteiger partial charge in [0.25, 0.3) is 5.91 Å². The lowest BCUT2D eigenvalue weighted by Gasteiger charge is -2.31. The van der Waals surface area contributed by atoms with E-state index < -0.39 is 6.04 Å². The molecule has 1 aliphatic rings. The Bertz CT molecular complexity index is 1290. The van der Waals surface area contributed by atoms with Crippen molar-refractivity contribution in [2.45, 2.75) is 38.8 Å². The van der Waals surface area contributed by atoms with Gasteiger partial charge < -0.3 is 20.7 Å². The normalized spacial score (nSPS) is 13.4. The number of nitrogens with one attached hydrogen (secondary N) is 2. The van der Waals surface area contributed by atoms with Gasteiger partial charge in [0.05, 0.1) is 13.0 Å². The first kappa shape index (κ1) is 26.0. The summed E-state index contributed by atoms with van der Waals surface area (Å²) in [6, 6.07) is 11.2. The zero-order valence-corrected chi connectivity index (χ0v) is 21.3. The van der Waals surface area contributed by atoms with Crippen LogP contribution in [0, 0.1) is 5.41 Å². The number of nitrogens with two attached hydrogens (primary N) is 1. The number of carbonyl (C=O) groups is 3. The Morgan fingerprint density at radius 1 is 1.16 bits per heavy atom.